The van der Waals surface area contributed by atoms with E-state index in [1.807, 2.05) is 13.8 Å². The summed E-state index contributed by atoms with van der Waals surface area (Å²) in [5.74, 6) is 1.24. The summed E-state index contributed by atoms with van der Waals surface area (Å²) in [6.07, 6.45) is 5.89. The summed E-state index contributed by atoms with van der Waals surface area (Å²) in [6.45, 7) is 6.09. The van der Waals surface area contributed by atoms with Crippen molar-refractivity contribution in [3.8, 4) is 0 Å². The van der Waals surface area contributed by atoms with E-state index in [9.17, 15) is 5.11 Å². The molecular formula is C10H19O. The maximum atomic E-state index is 9.70. The minimum atomic E-state index is -0.500. The van der Waals surface area contributed by atoms with Gasteiger partial charge in [0.15, 0.2) is 0 Å². The van der Waals surface area contributed by atoms with E-state index in [2.05, 4.69) is 13.3 Å². The SMILES string of the molecule is C[C@@H]1C[CH][C@@H](C(C)(C)O)CC1. The van der Waals surface area contributed by atoms with E-state index in [1.54, 1.807) is 0 Å². The summed E-state index contributed by atoms with van der Waals surface area (Å²) in [6, 6.07) is 0. The molecule has 1 aliphatic rings. The average Bonchev–Trinajstić information content (AvgIpc) is 1.86. The first kappa shape index (κ1) is 9.05. The second-order valence-electron chi connectivity index (χ2n) is 4.41. The molecule has 0 heterocycles. The molecule has 1 radical (unpaired) electrons. The molecular weight excluding hydrogens is 136 g/mol. The van der Waals surface area contributed by atoms with Crippen molar-refractivity contribution < 1.29 is 5.11 Å². The van der Waals surface area contributed by atoms with Crippen LogP contribution in [0.2, 0.25) is 0 Å². The van der Waals surface area contributed by atoms with Crippen LogP contribution >= 0.6 is 0 Å². The Morgan fingerprint density at radius 2 is 2.00 bits per heavy atom. The molecule has 1 rings (SSSR count). The van der Waals surface area contributed by atoms with E-state index in [4.69, 9.17) is 0 Å². The van der Waals surface area contributed by atoms with Gasteiger partial charge in [-0.1, -0.05) is 13.3 Å². The molecule has 1 heteroatoms. The predicted octanol–water partition coefficient (Wildman–Crippen LogP) is 2.40. The highest BCUT2D eigenvalue weighted by molar-refractivity contribution is 4.92. The summed E-state index contributed by atoms with van der Waals surface area (Å²) >= 11 is 0. The smallest absolute Gasteiger partial charge is 0.0622 e. The van der Waals surface area contributed by atoms with Crippen molar-refractivity contribution in [2.24, 2.45) is 11.8 Å². The normalized spacial score (nSPS) is 33.8. The predicted molar refractivity (Wildman–Crippen MR) is 47.1 cm³/mol. The van der Waals surface area contributed by atoms with Gasteiger partial charge in [0.25, 0.3) is 0 Å². The molecule has 0 bridgehead atoms. The largest absolute Gasteiger partial charge is 0.390 e. The maximum absolute atomic E-state index is 9.70. The van der Waals surface area contributed by atoms with Gasteiger partial charge in [-0.25, -0.2) is 0 Å². The van der Waals surface area contributed by atoms with Gasteiger partial charge in [-0.05, 0) is 44.9 Å². The van der Waals surface area contributed by atoms with Crippen molar-refractivity contribution in [3.05, 3.63) is 6.42 Å². The zero-order valence-electron chi connectivity index (χ0n) is 7.80. The van der Waals surface area contributed by atoms with Crippen LogP contribution in [0.3, 0.4) is 0 Å². The lowest BCUT2D eigenvalue weighted by atomic mass is 9.75. The van der Waals surface area contributed by atoms with Gasteiger partial charge in [-0.15, -0.1) is 0 Å². The molecule has 0 aromatic carbocycles. The lowest BCUT2D eigenvalue weighted by Gasteiger charge is -2.34. The molecule has 0 unspecified atom stereocenters. The molecule has 0 aliphatic heterocycles. The van der Waals surface area contributed by atoms with Gasteiger partial charge in [-0.3, -0.25) is 0 Å². The fraction of sp³-hybridized carbons (Fsp3) is 0.900. The van der Waals surface area contributed by atoms with Crippen LogP contribution in [0.15, 0.2) is 0 Å². The Morgan fingerprint density at radius 1 is 1.36 bits per heavy atom. The molecule has 2 atom stereocenters. The number of hydrogen-bond acceptors (Lipinski definition) is 1. The van der Waals surface area contributed by atoms with Gasteiger partial charge in [0.05, 0.1) is 5.60 Å². The van der Waals surface area contributed by atoms with E-state index >= 15 is 0 Å². The number of rotatable bonds is 1. The summed E-state index contributed by atoms with van der Waals surface area (Å²) in [7, 11) is 0. The fourth-order valence-electron chi connectivity index (χ4n) is 1.74. The van der Waals surface area contributed by atoms with E-state index in [0.29, 0.717) is 5.92 Å². The van der Waals surface area contributed by atoms with Gasteiger partial charge in [0.2, 0.25) is 0 Å². The van der Waals surface area contributed by atoms with Gasteiger partial charge >= 0.3 is 0 Å². The first-order valence-electron chi connectivity index (χ1n) is 4.56. The summed E-state index contributed by atoms with van der Waals surface area (Å²) in [5, 5.41) is 9.70. The molecule has 65 valence electrons. The van der Waals surface area contributed by atoms with Gasteiger partial charge in [0.1, 0.15) is 0 Å². The van der Waals surface area contributed by atoms with Crippen LogP contribution < -0.4 is 0 Å². The summed E-state index contributed by atoms with van der Waals surface area (Å²) in [5.41, 5.74) is -0.500. The molecule has 0 saturated heterocycles. The first-order chi connectivity index (χ1) is 5.00. The third kappa shape index (κ3) is 2.48. The van der Waals surface area contributed by atoms with Crippen molar-refractivity contribution in [1.29, 1.82) is 0 Å². The molecule has 1 aliphatic carbocycles. The van der Waals surface area contributed by atoms with E-state index in [0.717, 1.165) is 12.3 Å². The Labute approximate surface area is 69.8 Å². The highest BCUT2D eigenvalue weighted by Crippen LogP contribution is 2.33. The Bertz CT molecular complexity index is 115. The summed E-state index contributed by atoms with van der Waals surface area (Å²) < 4.78 is 0. The third-order valence-corrected chi connectivity index (χ3v) is 2.70. The molecule has 1 saturated carbocycles. The van der Waals surface area contributed by atoms with Crippen LogP contribution in [-0.2, 0) is 0 Å². The van der Waals surface area contributed by atoms with Crippen LogP contribution in [0, 0.1) is 18.3 Å². The second-order valence-corrected chi connectivity index (χ2v) is 4.41. The monoisotopic (exact) mass is 155 g/mol. The zero-order chi connectivity index (χ0) is 8.48. The Hall–Kier alpha value is -0.0400. The standard InChI is InChI=1S/C10H19O/c1-8-4-6-9(7-5-8)10(2,3)11/h6,8-9,11H,4-5,7H2,1-3H3/t8-,9-/m1/s1. The maximum Gasteiger partial charge on any atom is 0.0622 e. The van der Waals surface area contributed by atoms with Crippen molar-refractivity contribution in [2.45, 2.75) is 45.6 Å². The van der Waals surface area contributed by atoms with Crippen LogP contribution in [-0.4, -0.2) is 10.7 Å². The molecule has 0 spiro atoms. The van der Waals surface area contributed by atoms with Crippen LogP contribution in [0.4, 0.5) is 0 Å². The number of hydrogen-bond donors (Lipinski definition) is 1. The lowest BCUT2D eigenvalue weighted by molar-refractivity contribution is 0.0165. The van der Waals surface area contributed by atoms with Crippen molar-refractivity contribution in [1.82, 2.24) is 0 Å². The van der Waals surface area contributed by atoms with Crippen molar-refractivity contribution >= 4 is 0 Å². The third-order valence-electron chi connectivity index (χ3n) is 2.70. The van der Waals surface area contributed by atoms with Crippen LogP contribution in [0.25, 0.3) is 0 Å². The molecule has 1 N–H and O–H groups in total. The van der Waals surface area contributed by atoms with Gasteiger partial charge in [-0.2, -0.15) is 0 Å². The first-order valence-corrected chi connectivity index (χ1v) is 4.56. The highest BCUT2D eigenvalue weighted by Gasteiger charge is 2.29. The van der Waals surface area contributed by atoms with Crippen molar-refractivity contribution in [3.63, 3.8) is 0 Å². The number of aliphatic hydroxyl groups is 1. The van der Waals surface area contributed by atoms with E-state index in [1.165, 1.54) is 12.8 Å². The fourth-order valence-corrected chi connectivity index (χ4v) is 1.74. The van der Waals surface area contributed by atoms with Gasteiger partial charge in [0, 0.05) is 0 Å². The minimum absolute atomic E-state index is 0.415. The van der Waals surface area contributed by atoms with E-state index < -0.39 is 5.60 Å². The average molecular weight is 155 g/mol. The Morgan fingerprint density at radius 3 is 2.36 bits per heavy atom. The Balaban J connectivity index is 2.39. The molecule has 1 nitrogen and oxygen atoms in total. The Kier molecular flexibility index (Phi) is 2.58. The zero-order valence-corrected chi connectivity index (χ0v) is 7.80. The molecule has 0 aromatic rings. The molecule has 11 heavy (non-hydrogen) atoms. The van der Waals surface area contributed by atoms with E-state index in [-0.39, 0.29) is 0 Å². The van der Waals surface area contributed by atoms with Crippen LogP contribution in [0.5, 0.6) is 0 Å². The van der Waals surface area contributed by atoms with Gasteiger partial charge < -0.3 is 5.11 Å². The highest BCUT2D eigenvalue weighted by atomic mass is 16.3. The molecule has 0 aromatic heterocycles. The topological polar surface area (TPSA) is 20.2 Å². The van der Waals surface area contributed by atoms with Crippen molar-refractivity contribution in [2.75, 3.05) is 0 Å². The quantitative estimate of drug-likeness (QED) is 0.616. The minimum Gasteiger partial charge on any atom is -0.390 e. The molecule has 0 amide bonds. The van der Waals surface area contributed by atoms with Crippen LogP contribution in [0.1, 0.15) is 40.0 Å². The summed E-state index contributed by atoms with van der Waals surface area (Å²) in [4.78, 5) is 0. The lowest BCUT2D eigenvalue weighted by Crippen LogP contribution is -2.33. The second kappa shape index (κ2) is 3.14. The molecule has 1 fully saturated rings.